The topological polar surface area (TPSA) is 52.9 Å². The van der Waals surface area contributed by atoms with Crippen LogP contribution in [0.15, 0.2) is 24.3 Å². The third-order valence-corrected chi connectivity index (χ3v) is 3.07. The predicted molar refractivity (Wildman–Crippen MR) is 72.1 cm³/mol. The van der Waals surface area contributed by atoms with Gasteiger partial charge in [-0.15, -0.1) is 0 Å². The lowest BCUT2D eigenvalue weighted by Gasteiger charge is -2.27. The minimum absolute atomic E-state index is 0.0572. The van der Waals surface area contributed by atoms with E-state index in [1.54, 1.807) is 0 Å². The van der Waals surface area contributed by atoms with Crippen molar-refractivity contribution in [2.75, 3.05) is 6.54 Å². The van der Waals surface area contributed by atoms with Gasteiger partial charge in [0.15, 0.2) is 0 Å². The maximum atomic E-state index is 11.5. The Bertz CT molecular complexity index is 458. The van der Waals surface area contributed by atoms with Crippen molar-refractivity contribution >= 4 is 5.91 Å². The van der Waals surface area contributed by atoms with Crippen molar-refractivity contribution in [2.24, 2.45) is 0 Å². The van der Waals surface area contributed by atoms with Crippen molar-refractivity contribution < 1.29 is 4.79 Å². The second kappa shape index (κ2) is 6.20. The van der Waals surface area contributed by atoms with Crippen LogP contribution in [-0.4, -0.2) is 12.5 Å². The summed E-state index contributed by atoms with van der Waals surface area (Å²) in [6, 6.07) is 10.2. The first-order valence-electron chi connectivity index (χ1n) is 6.17. The van der Waals surface area contributed by atoms with Crippen LogP contribution in [-0.2, 0) is 10.2 Å². The number of nitrogens with one attached hydrogen (secondary N) is 1. The van der Waals surface area contributed by atoms with Crippen LogP contribution < -0.4 is 5.32 Å². The van der Waals surface area contributed by atoms with Gasteiger partial charge in [-0.3, -0.25) is 4.79 Å². The molecule has 0 saturated heterocycles. The van der Waals surface area contributed by atoms with Crippen LogP contribution in [0.1, 0.15) is 37.8 Å². The molecular weight excluding hydrogens is 224 g/mol. The molecule has 3 heteroatoms. The van der Waals surface area contributed by atoms with Crippen LogP contribution >= 0.6 is 0 Å². The Kier molecular flexibility index (Phi) is 4.91. The van der Waals surface area contributed by atoms with Gasteiger partial charge in [-0.1, -0.05) is 38.1 Å². The van der Waals surface area contributed by atoms with Crippen molar-refractivity contribution in [1.82, 2.24) is 5.32 Å². The lowest BCUT2D eigenvalue weighted by molar-refractivity contribution is -0.121. The molecule has 0 aromatic heterocycles. The van der Waals surface area contributed by atoms with Crippen LogP contribution in [0, 0.1) is 18.3 Å². The molecule has 1 aromatic rings. The maximum Gasteiger partial charge on any atom is 0.221 e. The first kappa shape index (κ1) is 14.2. The van der Waals surface area contributed by atoms with E-state index < -0.39 is 0 Å². The van der Waals surface area contributed by atoms with E-state index in [-0.39, 0.29) is 24.2 Å². The molecule has 3 nitrogen and oxygen atoms in total. The zero-order chi connectivity index (χ0) is 13.6. The average Bonchev–Trinajstić information content (AvgIpc) is 2.34. The second-order valence-corrected chi connectivity index (χ2v) is 5.13. The zero-order valence-electron chi connectivity index (χ0n) is 11.3. The Hall–Kier alpha value is -1.82. The van der Waals surface area contributed by atoms with Gasteiger partial charge in [0.05, 0.1) is 6.07 Å². The second-order valence-electron chi connectivity index (χ2n) is 5.13. The van der Waals surface area contributed by atoms with Gasteiger partial charge >= 0.3 is 0 Å². The van der Waals surface area contributed by atoms with E-state index in [0.29, 0.717) is 6.54 Å². The molecule has 0 aliphatic carbocycles. The molecule has 0 aliphatic rings. The Balaban J connectivity index is 2.63. The quantitative estimate of drug-likeness (QED) is 0.865. The average molecular weight is 244 g/mol. The number of amides is 1. The molecule has 96 valence electrons. The molecule has 0 aliphatic heterocycles. The molecular formula is C15H20N2O. The molecule has 1 amide bonds. The van der Waals surface area contributed by atoms with Crippen LogP contribution in [0.25, 0.3) is 0 Å². The molecule has 0 fully saturated rings. The minimum atomic E-state index is -0.104. The molecule has 0 spiro atoms. The number of rotatable bonds is 5. The highest BCUT2D eigenvalue weighted by atomic mass is 16.1. The smallest absolute Gasteiger partial charge is 0.221 e. The Morgan fingerprint density at radius 2 is 2.06 bits per heavy atom. The van der Waals surface area contributed by atoms with Gasteiger partial charge in [0.2, 0.25) is 5.91 Å². The molecule has 0 atom stereocenters. The zero-order valence-corrected chi connectivity index (χ0v) is 11.3. The van der Waals surface area contributed by atoms with Gasteiger partial charge in [0.1, 0.15) is 0 Å². The summed E-state index contributed by atoms with van der Waals surface area (Å²) in [5.74, 6) is -0.0572. The number of hydrogen-bond acceptors (Lipinski definition) is 2. The number of hydrogen-bond donors (Lipinski definition) is 1. The van der Waals surface area contributed by atoms with E-state index in [1.807, 2.05) is 18.2 Å². The molecule has 18 heavy (non-hydrogen) atoms. The number of carbonyl (C=O) groups is 1. The van der Waals surface area contributed by atoms with Crippen LogP contribution in [0.2, 0.25) is 0 Å². The van der Waals surface area contributed by atoms with Gasteiger partial charge in [-0.25, -0.2) is 0 Å². The number of carbonyl (C=O) groups excluding carboxylic acids is 1. The number of benzene rings is 1. The fourth-order valence-electron chi connectivity index (χ4n) is 2.00. The Morgan fingerprint density at radius 1 is 1.39 bits per heavy atom. The fraction of sp³-hybridized carbons (Fsp3) is 0.467. The van der Waals surface area contributed by atoms with Gasteiger partial charge in [-0.05, 0) is 18.1 Å². The summed E-state index contributed by atoms with van der Waals surface area (Å²) >= 11 is 0. The number of nitrogens with zero attached hydrogens (tertiary/aromatic N) is 1. The summed E-state index contributed by atoms with van der Waals surface area (Å²) in [6.07, 6.45) is 0.553. The van der Waals surface area contributed by atoms with E-state index in [2.05, 4.69) is 38.2 Å². The largest absolute Gasteiger partial charge is 0.355 e. The Labute approximate surface area is 109 Å². The molecule has 0 heterocycles. The SMILES string of the molecule is Cc1ccccc1C(C)(C)CNC(=O)CCC#N. The van der Waals surface area contributed by atoms with Gasteiger partial charge in [0, 0.05) is 24.8 Å². The van der Waals surface area contributed by atoms with Crippen LogP contribution in [0.3, 0.4) is 0 Å². The van der Waals surface area contributed by atoms with Crippen molar-refractivity contribution in [3.63, 3.8) is 0 Å². The molecule has 0 saturated carbocycles. The summed E-state index contributed by atoms with van der Waals surface area (Å²) in [5, 5.41) is 11.3. The molecule has 1 N–H and O–H groups in total. The minimum Gasteiger partial charge on any atom is -0.355 e. The highest BCUT2D eigenvalue weighted by molar-refractivity contribution is 5.76. The van der Waals surface area contributed by atoms with E-state index in [9.17, 15) is 4.79 Å². The standard InChI is InChI=1S/C15H20N2O/c1-12-7-4-5-8-13(12)15(2,3)11-17-14(18)9-6-10-16/h4-5,7-8H,6,9,11H2,1-3H3,(H,17,18). The van der Waals surface area contributed by atoms with Crippen molar-refractivity contribution in [3.05, 3.63) is 35.4 Å². The lowest BCUT2D eigenvalue weighted by atomic mass is 9.82. The fourth-order valence-corrected chi connectivity index (χ4v) is 2.00. The van der Waals surface area contributed by atoms with Crippen molar-refractivity contribution in [1.29, 1.82) is 5.26 Å². The van der Waals surface area contributed by atoms with E-state index in [1.165, 1.54) is 11.1 Å². The maximum absolute atomic E-state index is 11.5. The van der Waals surface area contributed by atoms with Crippen molar-refractivity contribution in [2.45, 2.75) is 39.0 Å². The van der Waals surface area contributed by atoms with E-state index in [0.717, 1.165) is 0 Å². The molecule has 0 radical (unpaired) electrons. The molecule has 1 aromatic carbocycles. The summed E-state index contributed by atoms with van der Waals surface area (Å²) in [6.45, 7) is 6.89. The summed E-state index contributed by atoms with van der Waals surface area (Å²) in [7, 11) is 0. The summed E-state index contributed by atoms with van der Waals surface area (Å²) in [5.41, 5.74) is 2.37. The number of aryl methyl sites for hydroxylation is 1. The molecule has 0 unspecified atom stereocenters. The molecule has 1 rings (SSSR count). The van der Waals surface area contributed by atoms with Gasteiger partial charge in [-0.2, -0.15) is 5.26 Å². The lowest BCUT2D eigenvalue weighted by Crippen LogP contribution is -2.37. The third kappa shape index (κ3) is 3.89. The first-order chi connectivity index (χ1) is 8.47. The molecule has 0 bridgehead atoms. The van der Waals surface area contributed by atoms with E-state index in [4.69, 9.17) is 5.26 Å². The highest BCUT2D eigenvalue weighted by Gasteiger charge is 2.22. The predicted octanol–water partition coefficient (Wildman–Crippen LogP) is 2.69. The van der Waals surface area contributed by atoms with Gasteiger partial charge in [0.25, 0.3) is 0 Å². The highest BCUT2D eigenvalue weighted by Crippen LogP contribution is 2.25. The third-order valence-electron chi connectivity index (χ3n) is 3.07. The van der Waals surface area contributed by atoms with Crippen molar-refractivity contribution in [3.8, 4) is 6.07 Å². The van der Waals surface area contributed by atoms with Crippen LogP contribution in [0.5, 0.6) is 0 Å². The first-order valence-corrected chi connectivity index (χ1v) is 6.17. The summed E-state index contributed by atoms with van der Waals surface area (Å²) in [4.78, 5) is 11.5. The van der Waals surface area contributed by atoms with Gasteiger partial charge < -0.3 is 5.32 Å². The normalized spacial score (nSPS) is 10.8. The summed E-state index contributed by atoms with van der Waals surface area (Å²) < 4.78 is 0. The van der Waals surface area contributed by atoms with Crippen LogP contribution in [0.4, 0.5) is 0 Å². The van der Waals surface area contributed by atoms with E-state index >= 15 is 0 Å². The number of nitriles is 1. The Morgan fingerprint density at radius 3 is 2.67 bits per heavy atom. The monoisotopic (exact) mass is 244 g/mol.